The van der Waals surface area contributed by atoms with Crippen molar-refractivity contribution in [3.05, 3.63) is 18.2 Å². The molecule has 132 valence electrons. The Hall–Kier alpha value is -2.57. The van der Waals surface area contributed by atoms with E-state index in [9.17, 15) is 14.4 Å². The van der Waals surface area contributed by atoms with Gasteiger partial charge in [-0.3, -0.25) is 14.4 Å². The van der Waals surface area contributed by atoms with E-state index in [1.54, 1.807) is 18.2 Å². The molecule has 0 radical (unpaired) electrons. The summed E-state index contributed by atoms with van der Waals surface area (Å²) in [6.07, 6.45) is 4.69. The van der Waals surface area contributed by atoms with Crippen molar-refractivity contribution in [2.45, 2.75) is 38.1 Å². The van der Waals surface area contributed by atoms with E-state index in [1.807, 2.05) is 4.90 Å². The molecule has 7 heteroatoms. The first-order valence-corrected chi connectivity index (χ1v) is 8.77. The zero-order valence-corrected chi connectivity index (χ0v) is 13.9. The number of rotatable bonds is 3. The first kappa shape index (κ1) is 15.9. The Kier molecular flexibility index (Phi) is 4.07. The van der Waals surface area contributed by atoms with Crippen LogP contribution in [0.4, 0.5) is 11.4 Å². The molecule has 4 rings (SSSR count). The number of ether oxygens (including phenoxy) is 1. The van der Waals surface area contributed by atoms with Crippen LogP contribution in [0.3, 0.4) is 0 Å². The molecule has 25 heavy (non-hydrogen) atoms. The molecule has 1 aromatic rings. The minimum atomic E-state index is -0.324. The van der Waals surface area contributed by atoms with Gasteiger partial charge in [-0.2, -0.15) is 0 Å². The normalized spacial score (nSPS) is 23.2. The van der Waals surface area contributed by atoms with Gasteiger partial charge in [0.25, 0.3) is 5.91 Å². The number of amides is 3. The van der Waals surface area contributed by atoms with E-state index in [0.717, 1.165) is 25.7 Å². The number of nitrogens with one attached hydrogen (secondary N) is 2. The molecule has 1 atom stereocenters. The van der Waals surface area contributed by atoms with Gasteiger partial charge in [-0.25, -0.2) is 0 Å². The summed E-state index contributed by atoms with van der Waals surface area (Å²) in [5.41, 5.74) is 1.13. The summed E-state index contributed by atoms with van der Waals surface area (Å²) in [4.78, 5) is 38.1. The van der Waals surface area contributed by atoms with Crippen LogP contribution in [0.15, 0.2) is 18.2 Å². The van der Waals surface area contributed by atoms with Gasteiger partial charge in [-0.1, -0.05) is 12.8 Å². The van der Waals surface area contributed by atoms with Crippen molar-refractivity contribution in [1.82, 2.24) is 4.90 Å². The van der Waals surface area contributed by atoms with Gasteiger partial charge in [-0.15, -0.1) is 0 Å². The van der Waals surface area contributed by atoms with Crippen LogP contribution in [0.5, 0.6) is 5.75 Å². The Morgan fingerprint density at radius 1 is 1.24 bits per heavy atom. The van der Waals surface area contributed by atoms with E-state index in [4.69, 9.17) is 4.74 Å². The van der Waals surface area contributed by atoms with Crippen molar-refractivity contribution in [2.24, 2.45) is 5.92 Å². The number of hydrogen-bond acceptors (Lipinski definition) is 4. The molecule has 0 aromatic heterocycles. The van der Waals surface area contributed by atoms with E-state index in [1.165, 1.54) is 0 Å². The Labute approximate surface area is 145 Å². The van der Waals surface area contributed by atoms with Gasteiger partial charge >= 0.3 is 0 Å². The molecule has 2 aliphatic heterocycles. The molecule has 1 aliphatic carbocycles. The van der Waals surface area contributed by atoms with Crippen LogP contribution < -0.4 is 15.4 Å². The number of nitrogens with zero attached hydrogens (tertiary/aromatic N) is 1. The zero-order chi connectivity index (χ0) is 17.4. The van der Waals surface area contributed by atoms with Gasteiger partial charge < -0.3 is 20.3 Å². The predicted molar refractivity (Wildman–Crippen MR) is 91.3 cm³/mol. The predicted octanol–water partition coefficient (Wildman–Crippen LogP) is 1.75. The second-order valence-corrected chi connectivity index (χ2v) is 6.92. The minimum Gasteiger partial charge on any atom is -0.482 e. The second-order valence-electron chi connectivity index (χ2n) is 6.92. The van der Waals surface area contributed by atoms with Crippen LogP contribution in [-0.2, 0) is 14.4 Å². The average molecular weight is 343 g/mol. The van der Waals surface area contributed by atoms with Gasteiger partial charge in [0.15, 0.2) is 6.61 Å². The highest BCUT2D eigenvalue weighted by atomic mass is 16.5. The molecule has 0 unspecified atom stereocenters. The first-order chi connectivity index (χ1) is 12.1. The molecular formula is C18H21N3O4. The number of anilines is 2. The maximum absolute atomic E-state index is 12.5. The van der Waals surface area contributed by atoms with Gasteiger partial charge in [0.1, 0.15) is 5.75 Å². The van der Waals surface area contributed by atoms with Crippen molar-refractivity contribution in [3.8, 4) is 5.75 Å². The van der Waals surface area contributed by atoms with Crippen LogP contribution in [0.25, 0.3) is 0 Å². The Morgan fingerprint density at radius 2 is 2.04 bits per heavy atom. The SMILES string of the molecule is O=C1COc2ccc(NC(=O)[C@H]3CC(=O)N(C4CCCC4)C3)cc2N1. The van der Waals surface area contributed by atoms with Gasteiger partial charge in [0.2, 0.25) is 11.8 Å². The summed E-state index contributed by atoms with van der Waals surface area (Å²) >= 11 is 0. The molecule has 2 N–H and O–H groups in total. The molecular weight excluding hydrogens is 322 g/mol. The minimum absolute atomic E-state index is 0.000106. The standard InChI is InChI=1S/C18H21N3O4/c22-16-10-25-15-6-5-12(8-14(15)20-16)19-18(24)11-7-17(23)21(9-11)13-3-1-2-4-13/h5-6,8,11,13H,1-4,7,9-10H2,(H,19,24)(H,20,22)/t11-/m0/s1. The maximum atomic E-state index is 12.5. The summed E-state index contributed by atoms with van der Waals surface area (Å²) < 4.78 is 5.30. The summed E-state index contributed by atoms with van der Waals surface area (Å²) in [5.74, 6) is -0.0318. The number of hydrogen-bond donors (Lipinski definition) is 2. The Bertz CT molecular complexity index is 727. The molecule has 2 fully saturated rings. The molecule has 1 saturated carbocycles. The van der Waals surface area contributed by atoms with Crippen molar-refractivity contribution < 1.29 is 19.1 Å². The number of fused-ring (bicyclic) bond motifs is 1. The second kappa shape index (κ2) is 6.38. The van der Waals surface area contributed by atoms with Crippen LogP contribution in [-0.4, -0.2) is 41.8 Å². The van der Waals surface area contributed by atoms with Crippen molar-refractivity contribution >= 4 is 29.1 Å². The molecule has 3 aliphatic rings. The van der Waals surface area contributed by atoms with E-state index in [-0.39, 0.29) is 36.7 Å². The van der Waals surface area contributed by atoms with Gasteiger partial charge in [0.05, 0.1) is 11.6 Å². The van der Waals surface area contributed by atoms with E-state index < -0.39 is 0 Å². The summed E-state index contributed by atoms with van der Waals surface area (Å²) in [5, 5.41) is 5.57. The van der Waals surface area contributed by atoms with Gasteiger partial charge in [-0.05, 0) is 31.0 Å². The number of carbonyl (C=O) groups is 3. The molecule has 0 bridgehead atoms. The summed E-state index contributed by atoms with van der Waals surface area (Å²) in [6, 6.07) is 5.44. The smallest absolute Gasteiger partial charge is 0.262 e. The van der Waals surface area contributed by atoms with E-state index >= 15 is 0 Å². The molecule has 0 spiro atoms. The maximum Gasteiger partial charge on any atom is 0.262 e. The summed E-state index contributed by atoms with van der Waals surface area (Å²) in [7, 11) is 0. The summed E-state index contributed by atoms with van der Waals surface area (Å²) in [6.45, 7) is 0.500. The number of carbonyl (C=O) groups excluding carboxylic acids is 3. The fourth-order valence-corrected chi connectivity index (χ4v) is 3.88. The topological polar surface area (TPSA) is 87.7 Å². The fraction of sp³-hybridized carbons (Fsp3) is 0.500. The first-order valence-electron chi connectivity index (χ1n) is 8.77. The Balaban J connectivity index is 1.41. The molecule has 1 saturated heterocycles. The highest BCUT2D eigenvalue weighted by Gasteiger charge is 2.38. The monoisotopic (exact) mass is 343 g/mol. The zero-order valence-electron chi connectivity index (χ0n) is 13.9. The lowest BCUT2D eigenvalue weighted by Gasteiger charge is -2.24. The third-order valence-corrected chi connectivity index (χ3v) is 5.17. The molecule has 2 heterocycles. The quantitative estimate of drug-likeness (QED) is 0.875. The van der Waals surface area contributed by atoms with Crippen molar-refractivity contribution in [1.29, 1.82) is 0 Å². The van der Waals surface area contributed by atoms with E-state index in [0.29, 0.717) is 29.7 Å². The van der Waals surface area contributed by atoms with E-state index in [2.05, 4.69) is 10.6 Å². The largest absolute Gasteiger partial charge is 0.482 e. The lowest BCUT2D eigenvalue weighted by atomic mass is 10.1. The highest BCUT2D eigenvalue weighted by molar-refractivity contribution is 5.99. The number of benzene rings is 1. The average Bonchev–Trinajstić information content (AvgIpc) is 3.23. The lowest BCUT2D eigenvalue weighted by molar-refractivity contribution is -0.130. The molecule has 1 aromatic carbocycles. The van der Waals surface area contributed by atoms with Crippen LogP contribution in [0, 0.1) is 5.92 Å². The number of likely N-dealkylation sites (tertiary alicyclic amines) is 1. The molecule has 3 amide bonds. The fourth-order valence-electron chi connectivity index (χ4n) is 3.88. The highest BCUT2D eigenvalue weighted by Crippen LogP contribution is 2.32. The van der Waals surface area contributed by atoms with Crippen LogP contribution in [0.2, 0.25) is 0 Å². The molecule has 7 nitrogen and oxygen atoms in total. The lowest BCUT2D eigenvalue weighted by Crippen LogP contribution is -2.35. The Morgan fingerprint density at radius 3 is 2.84 bits per heavy atom. The van der Waals surface area contributed by atoms with Crippen LogP contribution in [0.1, 0.15) is 32.1 Å². The third kappa shape index (κ3) is 3.18. The van der Waals surface area contributed by atoms with Crippen molar-refractivity contribution in [2.75, 3.05) is 23.8 Å². The van der Waals surface area contributed by atoms with Crippen molar-refractivity contribution in [3.63, 3.8) is 0 Å². The van der Waals surface area contributed by atoms with Gasteiger partial charge in [0, 0.05) is 24.7 Å². The van der Waals surface area contributed by atoms with Crippen LogP contribution >= 0.6 is 0 Å². The third-order valence-electron chi connectivity index (χ3n) is 5.17.